The summed E-state index contributed by atoms with van der Waals surface area (Å²) in [5, 5.41) is 3.98. The molecule has 26 heavy (non-hydrogen) atoms. The van der Waals surface area contributed by atoms with Crippen LogP contribution in [0, 0.1) is 6.92 Å². The van der Waals surface area contributed by atoms with Gasteiger partial charge in [-0.15, -0.1) is 0 Å². The Balaban J connectivity index is 1.68. The van der Waals surface area contributed by atoms with Gasteiger partial charge in [0.25, 0.3) is 5.91 Å². The molecule has 2 aromatic rings. The summed E-state index contributed by atoms with van der Waals surface area (Å²) in [6.45, 7) is 10.2. The molecule has 1 fully saturated rings. The lowest BCUT2D eigenvalue weighted by Gasteiger charge is -2.36. The Hall–Kier alpha value is -2.63. The first-order chi connectivity index (χ1) is 12.4. The highest BCUT2D eigenvalue weighted by Crippen LogP contribution is 2.25. The smallest absolute Gasteiger partial charge is 0.259 e. The fourth-order valence-corrected chi connectivity index (χ4v) is 3.27. The Labute approximate surface area is 153 Å². The van der Waals surface area contributed by atoms with Crippen molar-refractivity contribution < 1.29 is 14.1 Å². The molecular formula is C20H25N3O3. The van der Waals surface area contributed by atoms with Crippen LogP contribution < -0.4 is 4.90 Å². The minimum absolute atomic E-state index is 0.000900. The number of nitrogens with zero attached hydrogens (tertiary/aromatic N) is 3. The first-order valence-corrected chi connectivity index (χ1v) is 9.00. The van der Waals surface area contributed by atoms with Crippen molar-refractivity contribution in [3.63, 3.8) is 0 Å². The molecule has 0 aliphatic carbocycles. The highest BCUT2D eigenvalue weighted by molar-refractivity contribution is 5.96. The van der Waals surface area contributed by atoms with E-state index in [-0.39, 0.29) is 17.6 Å². The van der Waals surface area contributed by atoms with Gasteiger partial charge < -0.3 is 14.3 Å². The zero-order valence-electron chi connectivity index (χ0n) is 15.8. The van der Waals surface area contributed by atoms with Crippen LogP contribution in [0.5, 0.6) is 0 Å². The van der Waals surface area contributed by atoms with Crippen LogP contribution in [0.3, 0.4) is 0 Å². The SMILES string of the molecule is CC(=O)c1ccc(N2CCN(C(=O)c3c(C)noc3C(C)C)CC2)cc1. The summed E-state index contributed by atoms with van der Waals surface area (Å²) in [7, 11) is 0. The molecular weight excluding hydrogens is 330 g/mol. The molecule has 1 aliphatic rings. The number of anilines is 1. The quantitative estimate of drug-likeness (QED) is 0.788. The fraction of sp³-hybridized carbons (Fsp3) is 0.450. The van der Waals surface area contributed by atoms with Crippen LogP contribution in [0.2, 0.25) is 0 Å². The van der Waals surface area contributed by atoms with Gasteiger partial charge in [0.1, 0.15) is 5.56 Å². The standard InChI is InChI=1S/C20H25N3O3/c1-13(2)19-18(14(3)21-26-19)20(25)23-11-9-22(10-12-23)17-7-5-16(6-8-17)15(4)24/h5-8,13H,9-12H2,1-4H3. The van der Waals surface area contributed by atoms with E-state index in [0.717, 1.165) is 18.8 Å². The maximum absolute atomic E-state index is 12.9. The minimum atomic E-state index is -0.000900. The van der Waals surface area contributed by atoms with Gasteiger partial charge in [-0.3, -0.25) is 9.59 Å². The molecule has 0 radical (unpaired) electrons. The first kappa shape index (κ1) is 18.2. The molecule has 1 amide bonds. The summed E-state index contributed by atoms with van der Waals surface area (Å²) in [5.41, 5.74) is 3.05. The predicted octanol–water partition coefficient (Wildman–Crippen LogP) is 3.27. The number of hydrogen-bond acceptors (Lipinski definition) is 5. The van der Waals surface area contributed by atoms with E-state index in [4.69, 9.17) is 4.52 Å². The molecule has 6 heteroatoms. The number of Topliss-reactive ketones (excluding diaryl/α,β-unsaturated/α-hetero) is 1. The number of hydrogen-bond donors (Lipinski definition) is 0. The van der Waals surface area contributed by atoms with Gasteiger partial charge in [-0.2, -0.15) is 0 Å². The number of rotatable bonds is 4. The molecule has 0 spiro atoms. The summed E-state index contributed by atoms with van der Waals surface area (Å²) in [6, 6.07) is 7.64. The number of aromatic nitrogens is 1. The first-order valence-electron chi connectivity index (χ1n) is 9.00. The van der Waals surface area contributed by atoms with Crippen molar-refractivity contribution in [3.05, 3.63) is 46.8 Å². The maximum atomic E-state index is 12.9. The van der Waals surface area contributed by atoms with Gasteiger partial charge in [-0.05, 0) is 38.1 Å². The van der Waals surface area contributed by atoms with Crippen LogP contribution in [0.1, 0.15) is 58.9 Å². The van der Waals surface area contributed by atoms with Crippen molar-refractivity contribution in [2.24, 2.45) is 0 Å². The second-order valence-electron chi connectivity index (χ2n) is 7.04. The molecule has 138 valence electrons. The van der Waals surface area contributed by atoms with E-state index >= 15 is 0 Å². The maximum Gasteiger partial charge on any atom is 0.259 e. The van der Waals surface area contributed by atoms with E-state index in [1.54, 1.807) is 6.92 Å². The van der Waals surface area contributed by atoms with E-state index in [1.807, 2.05) is 49.9 Å². The third kappa shape index (κ3) is 3.49. The number of amides is 1. The zero-order chi connectivity index (χ0) is 18.8. The Morgan fingerprint density at radius 3 is 2.23 bits per heavy atom. The van der Waals surface area contributed by atoms with Crippen molar-refractivity contribution in [2.45, 2.75) is 33.6 Å². The number of carbonyl (C=O) groups is 2. The van der Waals surface area contributed by atoms with E-state index in [9.17, 15) is 9.59 Å². The van der Waals surface area contributed by atoms with Crippen LogP contribution >= 0.6 is 0 Å². The number of aryl methyl sites for hydroxylation is 1. The Morgan fingerprint density at radius 2 is 1.69 bits per heavy atom. The Kier molecular flexibility index (Phi) is 5.11. The van der Waals surface area contributed by atoms with Gasteiger partial charge in [-0.1, -0.05) is 19.0 Å². The molecule has 1 aromatic heterocycles. The summed E-state index contributed by atoms with van der Waals surface area (Å²) >= 11 is 0. The normalized spacial score (nSPS) is 14.8. The molecule has 3 rings (SSSR count). The topological polar surface area (TPSA) is 66.7 Å². The molecule has 0 unspecified atom stereocenters. The molecule has 2 heterocycles. The lowest BCUT2D eigenvalue weighted by molar-refractivity contribution is 0.0743. The zero-order valence-corrected chi connectivity index (χ0v) is 15.8. The predicted molar refractivity (Wildman–Crippen MR) is 99.9 cm³/mol. The summed E-state index contributed by atoms with van der Waals surface area (Å²) < 4.78 is 5.35. The molecule has 1 saturated heterocycles. The van der Waals surface area contributed by atoms with Crippen LogP contribution in [0.25, 0.3) is 0 Å². The van der Waals surface area contributed by atoms with E-state index < -0.39 is 0 Å². The van der Waals surface area contributed by atoms with Crippen LogP contribution in [-0.4, -0.2) is 47.9 Å². The third-order valence-electron chi connectivity index (χ3n) is 4.83. The van der Waals surface area contributed by atoms with Gasteiger partial charge >= 0.3 is 0 Å². The van der Waals surface area contributed by atoms with Crippen molar-refractivity contribution in [2.75, 3.05) is 31.1 Å². The Morgan fingerprint density at radius 1 is 1.08 bits per heavy atom. The van der Waals surface area contributed by atoms with E-state index in [2.05, 4.69) is 10.1 Å². The van der Waals surface area contributed by atoms with Gasteiger partial charge in [-0.25, -0.2) is 0 Å². The van der Waals surface area contributed by atoms with Crippen molar-refractivity contribution in [1.82, 2.24) is 10.1 Å². The Bertz CT molecular complexity index is 800. The number of piperazine rings is 1. The largest absolute Gasteiger partial charge is 0.368 e. The van der Waals surface area contributed by atoms with Gasteiger partial charge in [0, 0.05) is 43.3 Å². The van der Waals surface area contributed by atoms with Crippen molar-refractivity contribution >= 4 is 17.4 Å². The molecule has 0 bridgehead atoms. The lowest BCUT2D eigenvalue weighted by Crippen LogP contribution is -2.49. The van der Waals surface area contributed by atoms with Crippen molar-refractivity contribution in [1.29, 1.82) is 0 Å². The minimum Gasteiger partial charge on any atom is -0.368 e. The van der Waals surface area contributed by atoms with Crippen molar-refractivity contribution in [3.8, 4) is 0 Å². The summed E-state index contributed by atoms with van der Waals surface area (Å²) in [6.07, 6.45) is 0. The highest BCUT2D eigenvalue weighted by atomic mass is 16.5. The second kappa shape index (κ2) is 7.32. The molecule has 0 atom stereocenters. The molecule has 0 N–H and O–H groups in total. The number of carbonyl (C=O) groups excluding carboxylic acids is 2. The summed E-state index contributed by atoms with van der Waals surface area (Å²) in [4.78, 5) is 28.4. The fourth-order valence-electron chi connectivity index (χ4n) is 3.27. The monoisotopic (exact) mass is 355 g/mol. The van der Waals surface area contributed by atoms with E-state index in [0.29, 0.717) is 35.7 Å². The lowest BCUT2D eigenvalue weighted by atomic mass is 10.0. The average Bonchev–Trinajstić information content (AvgIpc) is 3.03. The second-order valence-corrected chi connectivity index (χ2v) is 7.04. The average molecular weight is 355 g/mol. The van der Waals surface area contributed by atoms with Crippen LogP contribution in [0.15, 0.2) is 28.8 Å². The number of benzene rings is 1. The highest BCUT2D eigenvalue weighted by Gasteiger charge is 2.29. The molecule has 1 aliphatic heterocycles. The third-order valence-corrected chi connectivity index (χ3v) is 4.83. The van der Waals surface area contributed by atoms with Gasteiger partial charge in [0.15, 0.2) is 11.5 Å². The summed E-state index contributed by atoms with van der Waals surface area (Å²) in [5.74, 6) is 0.849. The molecule has 6 nitrogen and oxygen atoms in total. The van der Waals surface area contributed by atoms with E-state index in [1.165, 1.54) is 0 Å². The van der Waals surface area contributed by atoms with Gasteiger partial charge in [0.2, 0.25) is 0 Å². The van der Waals surface area contributed by atoms with Gasteiger partial charge in [0.05, 0.1) is 5.69 Å². The molecule has 1 aromatic carbocycles. The van der Waals surface area contributed by atoms with Crippen LogP contribution in [-0.2, 0) is 0 Å². The number of ketones is 1. The molecule has 0 saturated carbocycles. The van der Waals surface area contributed by atoms with Crippen LogP contribution in [0.4, 0.5) is 5.69 Å².